The molecule has 0 aliphatic carbocycles. The maximum absolute atomic E-state index is 12.1. The van der Waals surface area contributed by atoms with Crippen molar-refractivity contribution in [3.05, 3.63) is 52.1 Å². The summed E-state index contributed by atoms with van der Waals surface area (Å²) in [6.45, 7) is 1.18. The number of amides is 1. The molecule has 2 N–H and O–H groups in total. The lowest BCUT2D eigenvalue weighted by atomic mass is 10.2. The molecule has 126 valence electrons. The van der Waals surface area contributed by atoms with Crippen molar-refractivity contribution in [1.82, 2.24) is 4.98 Å². The second-order valence-electron chi connectivity index (χ2n) is 5.53. The van der Waals surface area contributed by atoms with E-state index >= 15 is 0 Å². The van der Waals surface area contributed by atoms with Gasteiger partial charge in [0.05, 0.1) is 10.0 Å². The van der Waals surface area contributed by atoms with E-state index in [1.165, 1.54) is 6.20 Å². The van der Waals surface area contributed by atoms with E-state index in [0.717, 1.165) is 24.1 Å². The Morgan fingerprint density at radius 1 is 1.33 bits per heavy atom. The van der Waals surface area contributed by atoms with Crippen LogP contribution in [0.1, 0.15) is 18.4 Å². The molecule has 1 aliphatic rings. The normalized spacial score (nSPS) is 16.8. The number of benzene rings is 1. The van der Waals surface area contributed by atoms with Crippen LogP contribution in [0.15, 0.2) is 36.5 Å². The van der Waals surface area contributed by atoms with Crippen LogP contribution >= 0.6 is 23.2 Å². The van der Waals surface area contributed by atoms with Crippen LogP contribution in [0.4, 0.5) is 11.5 Å². The summed E-state index contributed by atoms with van der Waals surface area (Å²) in [7, 11) is 0. The SMILES string of the molecule is O=C(Nc1cccc(CNc2ncc(Cl)cc2Cl)c1)C1CCCO1. The molecule has 1 fully saturated rings. The summed E-state index contributed by atoms with van der Waals surface area (Å²) < 4.78 is 5.39. The number of anilines is 2. The van der Waals surface area contributed by atoms with Crippen LogP contribution < -0.4 is 10.6 Å². The molecule has 1 aromatic heterocycles. The average molecular weight is 366 g/mol. The molecule has 0 saturated carbocycles. The van der Waals surface area contributed by atoms with Gasteiger partial charge in [0.1, 0.15) is 11.9 Å². The van der Waals surface area contributed by atoms with Gasteiger partial charge in [-0.1, -0.05) is 35.3 Å². The Kier molecular flexibility index (Phi) is 5.56. The molecule has 2 aromatic rings. The highest BCUT2D eigenvalue weighted by Crippen LogP contribution is 2.23. The molecule has 0 bridgehead atoms. The van der Waals surface area contributed by atoms with E-state index in [0.29, 0.717) is 29.0 Å². The first-order chi connectivity index (χ1) is 11.6. The van der Waals surface area contributed by atoms with Crippen molar-refractivity contribution in [2.45, 2.75) is 25.5 Å². The van der Waals surface area contributed by atoms with Gasteiger partial charge in [0, 0.05) is 25.0 Å². The van der Waals surface area contributed by atoms with E-state index in [1.54, 1.807) is 6.07 Å². The molecule has 7 heteroatoms. The van der Waals surface area contributed by atoms with Gasteiger partial charge in [0.2, 0.25) is 0 Å². The molecule has 3 rings (SSSR count). The van der Waals surface area contributed by atoms with E-state index in [-0.39, 0.29) is 12.0 Å². The van der Waals surface area contributed by atoms with E-state index in [4.69, 9.17) is 27.9 Å². The number of nitrogens with zero attached hydrogens (tertiary/aromatic N) is 1. The van der Waals surface area contributed by atoms with Gasteiger partial charge >= 0.3 is 0 Å². The predicted octanol–water partition coefficient (Wildman–Crippen LogP) is 4.12. The van der Waals surface area contributed by atoms with Crippen molar-refractivity contribution < 1.29 is 9.53 Å². The highest BCUT2D eigenvalue weighted by atomic mass is 35.5. The first-order valence-electron chi connectivity index (χ1n) is 7.68. The number of carbonyl (C=O) groups is 1. The van der Waals surface area contributed by atoms with E-state index in [9.17, 15) is 4.79 Å². The van der Waals surface area contributed by atoms with Crippen LogP contribution in [0, 0.1) is 0 Å². The van der Waals surface area contributed by atoms with Gasteiger partial charge in [-0.2, -0.15) is 0 Å². The zero-order chi connectivity index (χ0) is 16.9. The Morgan fingerprint density at radius 3 is 2.96 bits per heavy atom. The number of hydrogen-bond acceptors (Lipinski definition) is 4. The van der Waals surface area contributed by atoms with E-state index in [1.807, 2.05) is 24.3 Å². The minimum absolute atomic E-state index is 0.0972. The van der Waals surface area contributed by atoms with Crippen molar-refractivity contribution in [2.75, 3.05) is 17.2 Å². The molecule has 1 saturated heterocycles. The summed E-state index contributed by atoms with van der Waals surface area (Å²) in [5.41, 5.74) is 1.73. The Balaban J connectivity index is 1.61. The topological polar surface area (TPSA) is 63.2 Å². The van der Waals surface area contributed by atoms with Crippen LogP contribution in [0.2, 0.25) is 10.0 Å². The third-order valence-electron chi connectivity index (χ3n) is 3.68. The molecule has 2 heterocycles. The second-order valence-corrected chi connectivity index (χ2v) is 6.37. The van der Waals surface area contributed by atoms with Gasteiger partial charge in [-0.25, -0.2) is 4.98 Å². The van der Waals surface area contributed by atoms with Gasteiger partial charge in [0.25, 0.3) is 5.91 Å². The molecule has 0 radical (unpaired) electrons. The average Bonchev–Trinajstić information content (AvgIpc) is 3.09. The Labute approximate surface area is 150 Å². The summed E-state index contributed by atoms with van der Waals surface area (Å²) in [5, 5.41) is 7.00. The standard InChI is InChI=1S/C17H17Cl2N3O2/c18-12-8-14(19)16(21-10-12)20-9-11-3-1-4-13(7-11)22-17(23)15-5-2-6-24-15/h1,3-4,7-8,10,15H,2,5-6,9H2,(H,20,21)(H,22,23). The number of ether oxygens (including phenoxy) is 1. The summed E-state index contributed by atoms with van der Waals surface area (Å²) in [6.07, 6.45) is 2.89. The van der Waals surface area contributed by atoms with E-state index < -0.39 is 0 Å². The minimum Gasteiger partial charge on any atom is -0.368 e. The van der Waals surface area contributed by atoms with Gasteiger partial charge in [-0.3, -0.25) is 4.79 Å². The van der Waals surface area contributed by atoms with Crippen LogP contribution in [-0.4, -0.2) is 23.6 Å². The predicted molar refractivity (Wildman–Crippen MR) is 95.6 cm³/mol. The number of aromatic nitrogens is 1. The lowest BCUT2D eigenvalue weighted by Gasteiger charge is -2.12. The molecule has 5 nitrogen and oxygen atoms in total. The molecule has 0 spiro atoms. The molecular formula is C17H17Cl2N3O2. The van der Waals surface area contributed by atoms with Gasteiger partial charge < -0.3 is 15.4 Å². The van der Waals surface area contributed by atoms with E-state index in [2.05, 4.69) is 15.6 Å². The molecule has 1 aliphatic heterocycles. The highest BCUT2D eigenvalue weighted by molar-refractivity contribution is 6.35. The zero-order valence-corrected chi connectivity index (χ0v) is 14.4. The van der Waals surface area contributed by atoms with Crippen LogP contribution in [0.3, 0.4) is 0 Å². The van der Waals surface area contributed by atoms with Crippen molar-refractivity contribution in [3.8, 4) is 0 Å². The van der Waals surface area contributed by atoms with Gasteiger partial charge in [-0.15, -0.1) is 0 Å². The Bertz CT molecular complexity index is 734. The Morgan fingerprint density at radius 2 is 2.21 bits per heavy atom. The van der Waals surface area contributed by atoms with Crippen LogP contribution in [0.25, 0.3) is 0 Å². The molecule has 24 heavy (non-hydrogen) atoms. The lowest BCUT2D eigenvalue weighted by Crippen LogP contribution is -2.26. The first-order valence-corrected chi connectivity index (χ1v) is 8.44. The third-order valence-corrected chi connectivity index (χ3v) is 4.18. The number of hydrogen-bond donors (Lipinski definition) is 2. The largest absolute Gasteiger partial charge is 0.368 e. The fourth-order valence-electron chi connectivity index (χ4n) is 2.50. The highest BCUT2D eigenvalue weighted by Gasteiger charge is 2.23. The van der Waals surface area contributed by atoms with Crippen molar-refractivity contribution in [3.63, 3.8) is 0 Å². The number of pyridine rings is 1. The lowest BCUT2D eigenvalue weighted by molar-refractivity contribution is -0.124. The summed E-state index contributed by atoms with van der Waals surface area (Å²) in [5.74, 6) is 0.467. The summed E-state index contributed by atoms with van der Waals surface area (Å²) in [6, 6.07) is 9.24. The second kappa shape index (κ2) is 7.83. The number of carbonyl (C=O) groups excluding carboxylic acids is 1. The first kappa shape index (κ1) is 17.0. The number of nitrogens with one attached hydrogen (secondary N) is 2. The summed E-state index contributed by atoms with van der Waals surface area (Å²) >= 11 is 11.9. The molecule has 1 aromatic carbocycles. The van der Waals surface area contributed by atoms with Crippen molar-refractivity contribution >= 4 is 40.6 Å². The van der Waals surface area contributed by atoms with Crippen LogP contribution in [-0.2, 0) is 16.1 Å². The van der Waals surface area contributed by atoms with Crippen LogP contribution in [0.5, 0.6) is 0 Å². The maximum atomic E-state index is 12.1. The quantitative estimate of drug-likeness (QED) is 0.836. The van der Waals surface area contributed by atoms with Gasteiger partial charge in [0.15, 0.2) is 0 Å². The van der Waals surface area contributed by atoms with Crippen molar-refractivity contribution in [1.29, 1.82) is 0 Å². The zero-order valence-electron chi connectivity index (χ0n) is 12.9. The minimum atomic E-state index is -0.344. The summed E-state index contributed by atoms with van der Waals surface area (Å²) in [4.78, 5) is 16.2. The number of halogens is 2. The number of rotatable bonds is 5. The molecular weight excluding hydrogens is 349 g/mol. The molecule has 1 unspecified atom stereocenters. The van der Waals surface area contributed by atoms with Gasteiger partial charge in [-0.05, 0) is 36.6 Å². The van der Waals surface area contributed by atoms with Crippen molar-refractivity contribution in [2.24, 2.45) is 0 Å². The Hall–Kier alpha value is -1.82. The fraction of sp³-hybridized carbons (Fsp3) is 0.294. The molecule has 1 amide bonds. The maximum Gasteiger partial charge on any atom is 0.253 e. The fourth-order valence-corrected chi connectivity index (χ4v) is 2.94. The molecule has 1 atom stereocenters. The third kappa shape index (κ3) is 4.38. The monoisotopic (exact) mass is 365 g/mol. The smallest absolute Gasteiger partial charge is 0.253 e.